The average molecular weight is 441 g/mol. The number of benzene rings is 1. The minimum absolute atomic E-state index is 0.115. The van der Waals surface area contributed by atoms with Gasteiger partial charge in [-0.05, 0) is 57.0 Å². The summed E-state index contributed by atoms with van der Waals surface area (Å²) in [5.41, 5.74) is -1.45. The molecule has 2 heterocycles. The zero-order chi connectivity index (χ0) is 23.5. The van der Waals surface area contributed by atoms with Gasteiger partial charge in [0.2, 0.25) is 11.8 Å². The maximum Gasteiger partial charge on any atom is 0.252 e. The fourth-order valence-corrected chi connectivity index (χ4v) is 4.23. The van der Waals surface area contributed by atoms with Crippen LogP contribution in [0.2, 0.25) is 0 Å². The maximum absolute atomic E-state index is 13.5. The van der Waals surface area contributed by atoms with Crippen molar-refractivity contribution in [2.24, 2.45) is 0 Å². The van der Waals surface area contributed by atoms with E-state index in [0.29, 0.717) is 25.1 Å². The molecule has 170 valence electrons. The first-order chi connectivity index (χ1) is 15.1. The normalized spacial score (nSPS) is 18.7. The predicted octanol–water partition coefficient (Wildman–Crippen LogP) is 2.38. The lowest BCUT2D eigenvalue weighted by molar-refractivity contribution is -0.144. The van der Waals surface area contributed by atoms with Crippen molar-refractivity contribution in [2.75, 3.05) is 27.2 Å². The summed E-state index contributed by atoms with van der Waals surface area (Å²) in [7, 11) is 3.38. The van der Waals surface area contributed by atoms with Crippen LogP contribution in [0.25, 0.3) is 0 Å². The van der Waals surface area contributed by atoms with Gasteiger partial charge in [0.1, 0.15) is 16.8 Å². The second-order valence-electron chi connectivity index (χ2n) is 8.92. The largest absolute Gasteiger partial charge is 0.348 e. The number of halogens is 1. The second-order valence-corrected chi connectivity index (χ2v) is 8.92. The van der Waals surface area contributed by atoms with Gasteiger partial charge in [0.15, 0.2) is 0 Å². The third-order valence-corrected chi connectivity index (χ3v) is 5.80. The Hall–Kier alpha value is -3.29. The number of hydrogen-bond donors (Lipinski definition) is 1. The summed E-state index contributed by atoms with van der Waals surface area (Å²) in [5.74, 6) is -1.50. The highest BCUT2D eigenvalue weighted by atomic mass is 19.1. The van der Waals surface area contributed by atoms with E-state index < -0.39 is 22.7 Å². The number of piperidine rings is 1. The molecule has 1 aromatic carbocycles. The molecule has 1 saturated heterocycles. The predicted molar refractivity (Wildman–Crippen MR) is 118 cm³/mol. The van der Waals surface area contributed by atoms with Crippen LogP contribution >= 0.6 is 0 Å². The maximum atomic E-state index is 13.5. The van der Waals surface area contributed by atoms with Crippen molar-refractivity contribution < 1.29 is 18.8 Å². The molecule has 0 radical (unpaired) electrons. The summed E-state index contributed by atoms with van der Waals surface area (Å²) < 4.78 is 13.5. The molecule has 0 bridgehead atoms. The number of hydrogen-bond acceptors (Lipinski definition) is 4. The van der Waals surface area contributed by atoms with Gasteiger partial charge in [-0.3, -0.25) is 19.4 Å². The number of likely N-dealkylation sites (N-methyl/N-ethyl adjacent to an activating group) is 1. The Bertz CT molecular complexity index is 1010. The van der Waals surface area contributed by atoms with E-state index in [0.717, 1.165) is 6.07 Å². The Kier molecular flexibility index (Phi) is 6.62. The lowest BCUT2D eigenvalue weighted by Crippen LogP contribution is -2.62. The molecule has 8 heteroatoms. The number of likely N-dealkylation sites (tertiary alicyclic amines) is 1. The van der Waals surface area contributed by atoms with E-state index in [1.807, 2.05) is 12.1 Å². The number of carbonyl (C=O) groups is 3. The second kappa shape index (κ2) is 9.06. The fourth-order valence-electron chi connectivity index (χ4n) is 4.23. The number of nitrogens with zero attached hydrogens (tertiary/aromatic N) is 3. The quantitative estimate of drug-likeness (QED) is 0.774. The van der Waals surface area contributed by atoms with Crippen LogP contribution in [-0.4, -0.2) is 65.2 Å². The summed E-state index contributed by atoms with van der Waals surface area (Å²) in [5, 5.41) is 2.71. The first kappa shape index (κ1) is 23.4. The number of aromatic nitrogens is 1. The molecule has 1 N–H and O–H groups in total. The van der Waals surface area contributed by atoms with Gasteiger partial charge in [-0.25, -0.2) is 4.39 Å². The summed E-state index contributed by atoms with van der Waals surface area (Å²) in [6.45, 7) is 3.85. The highest BCUT2D eigenvalue weighted by Crippen LogP contribution is 2.35. The molecule has 1 atom stereocenters. The Balaban J connectivity index is 1.85. The van der Waals surface area contributed by atoms with Crippen LogP contribution in [0.5, 0.6) is 0 Å². The van der Waals surface area contributed by atoms with Gasteiger partial charge >= 0.3 is 0 Å². The lowest BCUT2D eigenvalue weighted by atomic mass is 9.75. The minimum atomic E-state index is -1.25. The van der Waals surface area contributed by atoms with Gasteiger partial charge in [0.25, 0.3) is 5.91 Å². The summed E-state index contributed by atoms with van der Waals surface area (Å²) in [6.07, 6.45) is 2.83. The average Bonchev–Trinajstić information content (AvgIpc) is 2.78. The molecule has 0 saturated carbocycles. The topological polar surface area (TPSA) is 82.6 Å². The molecule has 7 nitrogen and oxygen atoms in total. The van der Waals surface area contributed by atoms with E-state index >= 15 is 0 Å². The molecular formula is C24H29FN4O3. The van der Waals surface area contributed by atoms with Crippen LogP contribution in [0.4, 0.5) is 4.39 Å². The molecule has 32 heavy (non-hydrogen) atoms. The van der Waals surface area contributed by atoms with E-state index in [1.165, 1.54) is 23.1 Å². The molecule has 1 aromatic heterocycles. The van der Waals surface area contributed by atoms with E-state index in [1.54, 1.807) is 45.1 Å². The lowest BCUT2D eigenvalue weighted by Gasteiger charge is -2.44. The van der Waals surface area contributed by atoms with Crippen LogP contribution in [0, 0.1) is 5.82 Å². The first-order valence-corrected chi connectivity index (χ1v) is 10.6. The van der Waals surface area contributed by atoms with Crippen LogP contribution in [0.15, 0.2) is 48.7 Å². The van der Waals surface area contributed by atoms with Crippen molar-refractivity contribution in [3.05, 3.63) is 65.7 Å². The molecule has 3 amide bonds. The highest BCUT2D eigenvalue weighted by Gasteiger charge is 2.48. The van der Waals surface area contributed by atoms with Crippen LogP contribution < -0.4 is 5.32 Å². The standard InChI is InChI=1S/C24H29FN4O3/c1-23(2,27-20(30)17-9-7-10-18(25)15-17)21(31)29-14-8-12-24(16-29,22(32)28(3)4)19-11-5-6-13-26-19/h5-7,9-11,13,15H,8,12,14,16H2,1-4H3,(H,27,30)/t24-/m1/s1. The van der Waals surface area contributed by atoms with Crippen molar-refractivity contribution >= 4 is 17.7 Å². The molecule has 2 aromatic rings. The van der Waals surface area contributed by atoms with Crippen molar-refractivity contribution in [3.8, 4) is 0 Å². The van der Waals surface area contributed by atoms with Crippen LogP contribution in [0.3, 0.4) is 0 Å². The van der Waals surface area contributed by atoms with Crippen LogP contribution in [-0.2, 0) is 15.0 Å². The third kappa shape index (κ3) is 4.64. The molecule has 1 fully saturated rings. The Morgan fingerprint density at radius 2 is 1.91 bits per heavy atom. The van der Waals surface area contributed by atoms with Gasteiger partial charge in [0.05, 0.1) is 5.69 Å². The van der Waals surface area contributed by atoms with Gasteiger partial charge in [-0.15, -0.1) is 0 Å². The number of nitrogens with one attached hydrogen (secondary N) is 1. The highest BCUT2D eigenvalue weighted by molar-refractivity contribution is 5.99. The summed E-state index contributed by atoms with van der Waals surface area (Å²) in [6, 6.07) is 10.7. The van der Waals surface area contributed by atoms with Crippen molar-refractivity contribution in [1.29, 1.82) is 0 Å². The van der Waals surface area contributed by atoms with Crippen molar-refractivity contribution in [1.82, 2.24) is 20.1 Å². The molecule has 0 spiro atoms. The molecule has 3 rings (SSSR count). The summed E-state index contributed by atoms with van der Waals surface area (Å²) >= 11 is 0. The van der Waals surface area contributed by atoms with E-state index in [9.17, 15) is 18.8 Å². The Labute approximate surface area is 187 Å². The van der Waals surface area contributed by atoms with Gasteiger partial charge in [-0.2, -0.15) is 0 Å². The molecular weight excluding hydrogens is 411 g/mol. The zero-order valence-corrected chi connectivity index (χ0v) is 18.9. The number of carbonyl (C=O) groups excluding carboxylic acids is 3. The van der Waals surface area contributed by atoms with E-state index in [2.05, 4.69) is 10.3 Å². The summed E-state index contributed by atoms with van der Waals surface area (Å²) in [4.78, 5) is 46.9. The van der Waals surface area contributed by atoms with Crippen molar-refractivity contribution in [3.63, 3.8) is 0 Å². The number of pyridine rings is 1. The van der Waals surface area contributed by atoms with E-state index in [4.69, 9.17) is 0 Å². The minimum Gasteiger partial charge on any atom is -0.348 e. The Morgan fingerprint density at radius 1 is 1.16 bits per heavy atom. The van der Waals surface area contributed by atoms with Gasteiger partial charge in [-0.1, -0.05) is 12.1 Å². The van der Waals surface area contributed by atoms with Gasteiger partial charge in [0, 0.05) is 38.9 Å². The van der Waals surface area contributed by atoms with Gasteiger partial charge < -0.3 is 15.1 Å². The zero-order valence-electron chi connectivity index (χ0n) is 18.9. The SMILES string of the molecule is CN(C)C(=O)[C@]1(c2ccccn2)CCCN(C(=O)C(C)(C)NC(=O)c2cccc(F)c2)C1. The number of amides is 3. The smallest absolute Gasteiger partial charge is 0.252 e. The van der Waals surface area contributed by atoms with E-state index in [-0.39, 0.29) is 23.9 Å². The third-order valence-electron chi connectivity index (χ3n) is 5.80. The molecule has 1 aliphatic rings. The van der Waals surface area contributed by atoms with Crippen LogP contribution in [0.1, 0.15) is 42.7 Å². The Morgan fingerprint density at radius 3 is 2.53 bits per heavy atom. The first-order valence-electron chi connectivity index (χ1n) is 10.6. The molecule has 1 aliphatic heterocycles. The monoisotopic (exact) mass is 440 g/mol. The molecule has 0 unspecified atom stereocenters. The molecule has 0 aliphatic carbocycles. The fraction of sp³-hybridized carbons (Fsp3) is 0.417. The number of rotatable bonds is 5. The van der Waals surface area contributed by atoms with Crippen molar-refractivity contribution in [2.45, 2.75) is 37.6 Å².